The molecule has 0 aliphatic heterocycles. The van der Waals surface area contributed by atoms with Crippen LogP contribution in [-0.2, 0) is 6.42 Å². The van der Waals surface area contributed by atoms with Gasteiger partial charge in [0.25, 0.3) is 0 Å². The van der Waals surface area contributed by atoms with Crippen molar-refractivity contribution in [3.8, 4) is 0 Å². The third-order valence-electron chi connectivity index (χ3n) is 3.52. The molecule has 18 heavy (non-hydrogen) atoms. The molecular formula is C15H23F2N. The van der Waals surface area contributed by atoms with Crippen LogP contribution in [0.4, 0.5) is 8.78 Å². The average molecular weight is 255 g/mol. The second-order valence-corrected chi connectivity index (χ2v) is 4.91. The van der Waals surface area contributed by atoms with Crippen LogP contribution in [0, 0.1) is 17.6 Å². The molecule has 2 unspecified atom stereocenters. The van der Waals surface area contributed by atoms with Gasteiger partial charge in [0.15, 0.2) is 0 Å². The van der Waals surface area contributed by atoms with Crippen LogP contribution >= 0.6 is 0 Å². The Labute approximate surface area is 108 Å². The minimum atomic E-state index is -0.403. The van der Waals surface area contributed by atoms with Crippen LogP contribution in [0.5, 0.6) is 0 Å². The number of unbranched alkanes of at least 4 members (excludes halogenated alkanes) is 1. The molecule has 0 aromatic heterocycles. The zero-order valence-corrected chi connectivity index (χ0v) is 11.3. The first kappa shape index (κ1) is 15.1. The van der Waals surface area contributed by atoms with E-state index in [0.717, 1.165) is 31.7 Å². The molecule has 2 N–H and O–H groups in total. The minimum Gasteiger partial charge on any atom is -0.327 e. The van der Waals surface area contributed by atoms with Crippen molar-refractivity contribution in [1.82, 2.24) is 0 Å². The predicted octanol–water partition coefficient (Wildman–Crippen LogP) is 4.05. The molecule has 0 aliphatic carbocycles. The molecule has 0 saturated heterocycles. The van der Waals surface area contributed by atoms with E-state index in [4.69, 9.17) is 5.73 Å². The third kappa shape index (κ3) is 4.37. The molecule has 0 amide bonds. The van der Waals surface area contributed by atoms with E-state index in [-0.39, 0.29) is 11.9 Å². The summed E-state index contributed by atoms with van der Waals surface area (Å²) in [6, 6.07) is 3.46. The predicted molar refractivity (Wildman–Crippen MR) is 71.3 cm³/mol. The monoisotopic (exact) mass is 255 g/mol. The number of rotatable bonds is 7. The van der Waals surface area contributed by atoms with Gasteiger partial charge in [0.2, 0.25) is 0 Å². The van der Waals surface area contributed by atoms with E-state index in [1.165, 1.54) is 12.1 Å². The third-order valence-corrected chi connectivity index (χ3v) is 3.52. The van der Waals surface area contributed by atoms with E-state index in [2.05, 4.69) is 13.8 Å². The van der Waals surface area contributed by atoms with E-state index >= 15 is 0 Å². The zero-order chi connectivity index (χ0) is 13.5. The van der Waals surface area contributed by atoms with Gasteiger partial charge in [0.1, 0.15) is 11.6 Å². The van der Waals surface area contributed by atoms with Gasteiger partial charge in [-0.2, -0.15) is 0 Å². The summed E-state index contributed by atoms with van der Waals surface area (Å²) in [6.45, 7) is 4.24. The molecule has 1 rings (SSSR count). The Morgan fingerprint density at radius 2 is 1.94 bits per heavy atom. The van der Waals surface area contributed by atoms with Gasteiger partial charge in [-0.3, -0.25) is 0 Å². The SMILES string of the molecule is CCCCC(CC)C(N)Cc1cc(F)ccc1F. The molecule has 3 heteroatoms. The van der Waals surface area contributed by atoms with Crippen LogP contribution in [0.3, 0.4) is 0 Å². The van der Waals surface area contributed by atoms with Crippen molar-refractivity contribution in [2.45, 2.75) is 52.0 Å². The minimum absolute atomic E-state index is 0.0992. The summed E-state index contributed by atoms with van der Waals surface area (Å²) in [5.74, 6) is -0.384. The summed E-state index contributed by atoms with van der Waals surface area (Å²) < 4.78 is 26.6. The van der Waals surface area contributed by atoms with Crippen molar-refractivity contribution < 1.29 is 8.78 Å². The Balaban J connectivity index is 2.66. The van der Waals surface area contributed by atoms with E-state index < -0.39 is 5.82 Å². The van der Waals surface area contributed by atoms with Crippen molar-refractivity contribution in [2.24, 2.45) is 11.7 Å². The molecule has 1 aromatic rings. The zero-order valence-electron chi connectivity index (χ0n) is 11.3. The van der Waals surface area contributed by atoms with Gasteiger partial charge < -0.3 is 5.73 Å². The summed E-state index contributed by atoms with van der Waals surface area (Å²) in [5, 5.41) is 0. The van der Waals surface area contributed by atoms with Gasteiger partial charge >= 0.3 is 0 Å². The molecule has 102 valence electrons. The quantitative estimate of drug-likeness (QED) is 0.781. The largest absolute Gasteiger partial charge is 0.327 e. The van der Waals surface area contributed by atoms with Crippen LogP contribution in [0.15, 0.2) is 18.2 Å². The highest BCUT2D eigenvalue weighted by Gasteiger charge is 2.17. The molecule has 0 fully saturated rings. The van der Waals surface area contributed by atoms with Crippen LogP contribution in [0.25, 0.3) is 0 Å². The Kier molecular flexibility index (Phi) is 6.27. The topological polar surface area (TPSA) is 26.0 Å². The molecule has 0 spiro atoms. The van der Waals surface area contributed by atoms with E-state index in [0.29, 0.717) is 17.9 Å². The number of nitrogens with two attached hydrogens (primary N) is 1. The summed E-state index contributed by atoms with van der Waals surface area (Å²) >= 11 is 0. The molecule has 0 radical (unpaired) electrons. The summed E-state index contributed by atoms with van der Waals surface area (Å²) in [6.07, 6.45) is 4.73. The molecule has 0 heterocycles. The Morgan fingerprint density at radius 3 is 2.56 bits per heavy atom. The van der Waals surface area contributed by atoms with E-state index in [9.17, 15) is 8.78 Å². The van der Waals surface area contributed by atoms with Gasteiger partial charge in [0.05, 0.1) is 0 Å². The lowest BCUT2D eigenvalue weighted by atomic mass is 9.88. The molecule has 1 nitrogen and oxygen atoms in total. The van der Waals surface area contributed by atoms with Crippen LogP contribution in [-0.4, -0.2) is 6.04 Å². The smallest absolute Gasteiger partial charge is 0.126 e. The maximum atomic E-state index is 13.5. The van der Waals surface area contributed by atoms with Crippen LogP contribution in [0.2, 0.25) is 0 Å². The first-order valence-electron chi connectivity index (χ1n) is 6.78. The highest BCUT2D eigenvalue weighted by atomic mass is 19.1. The average Bonchev–Trinajstić information content (AvgIpc) is 2.35. The van der Waals surface area contributed by atoms with Crippen molar-refractivity contribution >= 4 is 0 Å². The second-order valence-electron chi connectivity index (χ2n) is 4.91. The lowest BCUT2D eigenvalue weighted by molar-refractivity contribution is 0.365. The van der Waals surface area contributed by atoms with E-state index in [1.54, 1.807) is 0 Å². The maximum Gasteiger partial charge on any atom is 0.126 e. The van der Waals surface area contributed by atoms with Gasteiger partial charge in [-0.1, -0.05) is 33.1 Å². The Hall–Kier alpha value is -0.960. The second kappa shape index (κ2) is 7.47. The molecule has 0 saturated carbocycles. The summed E-state index contributed by atoms with van der Waals surface area (Å²) in [7, 11) is 0. The van der Waals surface area contributed by atoms with Gasteiger partial charge in [-0.15, -0.1) is 0 Å². The fourth-order valence-electron chi connectivity index (χ4n) is 2.31. The number of hydrogen-bond donors (Lipinski definition) is 1. The number of hydrogen-bond acceptors (Lipinski definition) is 1. The van der Waals surface area contributed by atoms with E-state index in [1.807, 2.05) is 0 Å². The Bertz CT molecular complexity index is 366. The molecule has 0 aliphatic rings. The molecule has 2 atom stereocenters. The molecule has 1 aromatic carbocycles. The molecule has 0 bridgehead atoms. The van der Waals surface area contributed by atoms with Crippen LogP contribution in [0.1, 0.15) is 45.1 Å². The Morgan fingerprint density at radius 1 is 1.22 bits per heavy atom. The summed E-state index contributed by atoms with van der Waals surface area (Å²) in [5.41, 5.74) is 6.52. The summed E-state index contributed by atoms with van der Waals surface area (Å²) in [4.78, 5) is 0. The van der Waals surface area contributed by atoms with Gasteiger partial charge in [-0.25, -0.2) is 8.78 Å². The van der Waals surface area contributed by atoms with Gasteiger partial charge in [0, 0.05) is 6.04 Å². The fraction of sp³-hybridized carbons (Fsp3) is 0.600. The van der Waals surface area contributed by atoms with Crippen molar-refractivity contribution in [2.75, 3.05) is 0 Å². The van der Waals surface area contributed by atoms with Crippen molar-refractivity contribution in [1.29, 1.82) is 0 Å². The number of benzene rings is 1. The van der Waals surface area contributed by atoms with Gasteiger partial charge in [-0.05, 0) is 42.5 Å². The standard InChI is InChI=1S/C15H23F2N/c1-3-5-6-11(4-2)15(18)10-12-9-13(16)7-8-14(12)17/h7-9,11,15H,3-6,10,18H2,1-2H3. The maximum absolute atomic E-state index is 13.5. The lowest BCUT2D eigenvalue weighted by Crippen LogP contribution is -2.32. The fourth-order valence-corrected chi connectivity index (χ4v) is 2.31. The van der Waals surface area contributed by atoms with Crippen LogP contribution < -0.4 is 5.73 Å². The first-order valence-corrected chi connectivity index (χ1v) is 6.78. The highest BCUT2D eigenvalue weighted by Crippen LogP contribution is 2.20. The first-order chi connectivity index (χ1) is 8.58. The van der Waals surface area contributed by atoms with Crippen molar-refractivity contribution in [3.63, 3.8) is 0 Å². The number of halogens is 2. The highest BCUT2D eigenvalue weighted by molar-refractivity contribution is 5.19. The normalized spacial score (nSPS) is 14.5. The molecular weight excluding hydrogens is 232 g/mol. The van der Waals surface area contributed by atoms with Crippen molar-refractivity contribution in [3.05, 3.63) is 35.4 Å². The lowest BCUT2D eigenvalue weighted by Gasteiger charge is -2.22.